The minimum absolute atomic E-state index is 0.248. The molecule has 0 bridgehead atoms. The Morgan fingerprint density at radius 1 is 0.900 bits per heavy atom. The second-order valence-electron chi connectivity index (χ2n) is 6.54. The van der Waals surface area contributed by atoms with E-state index in [4.69, 9.17) is 5.73 Å². The average molecular weight is 281 g/mol. The van der Waals surface area contributed by atoms with E-state index < -0.39 is 0 Å². The SMILES string of the molecule is CC1CCCCCN(C2CCCCCCC2)N1C(N)=O. The lowest BCUT2D eigenvalue weighted by molar-refractivity contribution is -0.0615. The number of carbonyl (C=O) groups is 1. The molecule has 1 saturated heterocycles. The molecule has 1 aliphatic carbocycles. The highest BCUT2D eigenvalue weighted by molar-refractivity contribution is 5.71. The standard InChI is InChI=1S/C16H31N3O/c1-14-10-6-5-9-13-18(19(14)16(17)20)15-11-7-3-2-4-8-12-15/h14-15H,2-13H2,1H3,(H2,17,20). The van der Waals surface area contributed by atoms with Gasteiger partial charge in [-0.2, -0.15) is 0 Å². The van der Waals surface area contributed by atoms with E-state index in [0.29, 0.717) is 6.04 Å². The maximum atomic E-state index is 11.9. The van der Waals surface area contributed by atoms with E-state index in [9.17, 15) is 4.79 Å². The molecule has 2 amide bonds. The average Bonchev–Trinajstić information content (AvgIpc) is 2.33. The van der Waals surface area contributed by atoms with Gasteiger partial charge in [0, 0.05) is 18.6 Å². The zero-order valence-electron chi connectivity index (χ0n) is 13.0. The van der Waals surface area contributed by atoms with Gasteiger partial charge < -0.3 is 5.73 Å². The van der Waals surface area contributed by atoms with Crippen molar-refractivity contribution in [2.75, 3.05) is 6.54 Å². The lowest BCUT2D eigenvalue weighted by atomic mass is 9.95. The second-order valence-corrected chi connectivity index (χ2v) is 6.54. The van der Waals surface area contributed by atoms with Gasteiger partial charge in [-0.25, -0.2) is 9.80 Å². The molecule has 20 heavy (non-hydrogen) atoms. The third-order valence-electron chi connectivity index (χ3n) is 4.93. The molecule has 0 radical (unpaired) electrons. The molecular weight excluding hydrogens is 250 g/mol. The lowest BCUT2D eigenvalue weighted by Gasteiger charge is -2.44. The van der Waals surface area contributed by atoms with Gasteiger partial charge in [0.25, 0.3) is 0 Å². The van der Waals surface area contributed by atoms with Crippen molar-refractivity contribution < 1.29 is 4.79 Å². The van der Waals surface area contributed by atoms with Crippen LogP contribution in [0.1, 0.15) is 77.6 Å². The summed E-state index contributed by atoms with van der Waals surface area (Å²) in [5.74, 6) is 0. The highest BCUT2D eigenvalue weighted by atomic mass is 16.2. The molecule has 4 nitrogen and oxygen atoms in total. The Morgan fingerprint density at radius 3 is 2.10 bits per heavy atom. The normalized spacial score (nSPS) is 28.2. The van der Waals surface area contributed by atoms with E-state index in [0.717, 1.165) is 13.0 Å². The number of rotatable bonds is 1. The first kappa shape index (κ1) is 15.6. The van der Waals surface area contributed by atoms with E-state index in [1.165, 1.54) is 64.2 Å². The van der Waals surface area contributed by atoms with Crippen molar-refractivity contribution in [1.82, 2.24) is 10.0 Å². The third-order valence-corrected chi connectivity index (χ3v) is 4.93. The van der Waals surface area contributed by atoms with Crippen LogP contribution in [0.5, 0.6) is 0 Å². The number of hydrogen-bond donors (Lipinski definition) is 1. The number of carbonyl (C=O) groups excluding carboxylic acids is 1. The predicted molar refractivity (Wildman–Crippen MR) is 82.2 cm³/mol. The molecular formula is C16H31N3O. The molecule has 1 unspecified atom stereocenters. The zero-order chi connectivity index (χ0) is 14.4. The van der Waals surface area contributed by atoms with E-state index in [-0.39, 0.29) is 12.1 Å². The van der Waals surface area contributed by atoms with Gasteiger partial charge in [0.1, 0.15) is 0 Å². The highest BCUT2D eigenvalue weighted by Gasteiger charge is 2.31. The lowest BCUT2D eigenvalue weighted by Crippen LogP contribution is -2.58. The van der Waals surface area contributed by atoms with Crippen molar-refractivity contribution in [3.05, 3.63) is 0 Å². The highest BCUT2D eigenvalue weighted by Crippen LogP contribution is 2.26. The Morgan fingerprint density at radius 2 is 1.45 bits per heavy atom. The van der Waals surface area contributed by atoms with E-state index >= 15 is 0 Å². The minimum Gasteiger partial charge on any atom is -0.350 e. The maximum absolute atomic E-state index is 11.9. The largest absolute Gasteiger partial charge is 0.350 e. The summed E-state index contributed by atoms with van der Waals surface area (Å²) in [5.41, 5.74) is 5.69. The molecule has 1 aliphatic heterocycles. The molecule has 0 spiro atoms. The van der Waals surface area contributed by atoms with Crippen LogP contribution in [-0.2, 0) is 0 Å². The van der Waals surface area contributed by atoms with Crippen LogP contribution >= 0.6 is 0 Å². The fourth-order valence-corrected chi connectivity index (χ4v) is 3.81. The number of hydrazine groups is 1. The van der Waals surface area contributed by atoms with Gasteiger partial charge in [-0.3, -0.25) is 5.01 Å². The number of amides is 2. The Bertz CT molecular complexity index is 300. The van der Waals surface area contributed by atoms with Crippen LogP contribution in [0.15, 0.2) is 0 Å². The van der Waals surface area contributed by atoms with Gasteiger partial charge in [-0.05, 0) is 32.6 Å². The summed E-state index contributed by atoms with van der Waals surface area (Å²) in [7, 11) is 0. The summed E-state index contributed by atoms with van der Waals surface area (Å²) in [6.07, 6.45) is 13.8. The summed E-state index contributed by atoms with van der Waals surface area (Å²) in [4.78, 5) is 11.9. The number of nitrogens with zero attached hydrogens (tertiary/aromatic N) is 2. The van der Waals surface area contributed by atoms with E-state index in [1.54, 1.807) is 0 Å². The van der Waals surface area contributed by atoms with Crippen LogP contribution < -0.4 is 5.73 Å². The Hall–Kier alpha value is -0.770. The van der Waals surface area contributed by atoms with Gasteiger partial charge >= 0.3 is 6.03 Å². The number of hydrogen-bond acceptors (Lipinski definition) is 2. The van der Waals surface area contributed by atoms with Gasteiger partial charge in [0.05, 0.1) is 0 Å². The Kier molecular flexibility index (Phi) is 6.14. The van der Waals surface area contributed by atoms with Crippen LogP contribution in [0.4, 0.5) is 4.79 Å². The summed E-state index contributed by atoms with van der Waals surface area (Å²) in [6.45, 7) is 3.14. The molecule has 2 rings (SSSR count). The van der Waals surface area contributed by atoms with Gasteiger partial charge in [-0.1, -0.05) is 44.9 Å². The van der Waals surface area contributed by atoms with Crippen LogP contribution in [-0.4, -0.2) is 34.7 Å². The Balaban J connectivity index is 2.10. The Labute approximate surface area is 123 Å². The van der Waals surface area contributed by atoms with Crippen LogP contribution in [0.2, 0.25) is 0 Å². The molecule has 4 heteroatoms. The fourth-order valence-electron chi connectivity index (χ4n) is 3.81. The minimum atomic E-state index is -0.263. The zero-order valence-corrected chi connectivity index (χ0v) is 13.0. The van der Waals surface area contributed by atoms with Crippen LogP contribution in [0, 0.1) is 0 Å². The molecule has 0 aromatic rings. The quantitative estimate of drug-likeness (QED) is 0.797. The molecule has 2 aliphatic rings. The second kappa shape index (κ2) is 7.87. The maximum Gasteiger partial charge on any atom is 0.329 e. The topological polar surface area (TPSA) is 49.6 Å². The first-order valence-electron chi connectivity index (χ1n) is 8.55. The van der Waals surface area contributed by atoms with Crippen LogP contribution in [0.25, 0.3) is 0 Å². The first-order chi connectivity index (χ1) is 9.70. The number of urea groups is 1. The third kappa shape index (κ3) is 4.11. The fraction of sp³-hybridized carbons (Fsp3) is 0.938. The van der Waals surface area contributed by atoms with Crippen molar-refractivity contribution in [2.45, 2.75) is 89.6 Å². The van der Waals surface area contributed by atoms with Gasteiger partial charge in [0.15, 0.2) is 0 Å². The first-order valence-corrected chi connectivity index (χ1v) is 8.55. The van der Waals surface area contributed by atoms with Gasteiger partial charge in [0.2, 0.25) is 0 Å². The molecule has 0 aromatic carbocycles. The summed E-state index contributed by atoms with van der Waals surface area (Å²) in [5, 5.41) is 4.21. The van der Waals surface area contributed by atoms with Crippen molar-refractivity contribution in [1.29, 1.82) is 0 Å². The summed E-state index contributed by atoms with van der Waals surface area (Å²) >= 11 is 0. The molecule has 2 N–H and O–H groups in total. The van der Waals surface area contributed by atoms with Crippen molar-refractivity contribution >= 4 is 6.03 Å². The molecule has 116 valence electrons. The molecule has 1 saturated carbocycles. The van der Waals surface area contributed by atoms with Crippen molar-refractivity contribution in [3.63, 3.8) is 0 Å². The van der Waals surface area contributed by atoms with E-state index in [2.05, 4.69) is 11.9 Å². The summed E-state index contributed by atoms with van der Waals surface area (Å²) in [6, 6.07) is 0.503. The van der Waals surface area contributed by atoms with E-state index in [1.807, 2.05) is 5.01 Å². The molecule has 1 atom stereocenters. The van der Waals surface area contributed by atoms with Crippen LogP contribution in [0.3, 0.4) is 0 Å². The number of nitrogens with two attached hydrogens (primary N) is 1. The van der Waals surface area contributed by atoms with Gasteiger partial charge in [-0.15, -0.1) is 0 Å². The molecule has 2 fully saturated rings. The summed E-state index contributed by atoms with van der Waals surface area (Å²) < 4.78 is 0. The van der Waals surface area contributed by atoms with Crippen molar-refractivity contribution in [3.8, 4) is 0 Å². The molecule has 1 heterocycles. The smallest absolute Gasteiger partial charge is 0.329 e. The van der Waals surface area contributed by atoms with Crippen molar-refractivity contribution in [2.24, 2.45) is 5.73 Å². The number of primary amides is 1. The monoisotopic (exact) mass is 281 g/mol. The molecule has 0 aromatic heterocycles. The predicted octanol–water partition coefficient (Wildman–Crippen LogP) is 3.66.